The fourth-order valence-electron chi connectivity index (χ4n) is 1.69. The minimum atomic E-state index is 0.252. The number of para-hydroxylation sites is 1. The molecule has 1 aromatic heterocycles. The summed E-state index contributed by atoms with van der Waals surface area (Å²) in [5, 5.41) is 9.54. The lowest BCUT2D eigenvalue weighted by Crippen LogP contribution is -2.20. The van der Waals surface area contributed by atoms with Crippen molar-refractivity contribution in [2.45, 2.75) is 6.42 Å². The molecule has 0 aliphatic rings. The van der Waals surface area contributed by atoms with Crippen molar-refractivity contribution in [2.75, 3.05) is 24.2 Å². The first-order valence-electron chi connectivity index (χ1n) is 5.32. The third-order valence-electron chi connectivity index (χ3n) is 2.52. The third-order valence-corrected chi connectivity index (χ3v) is 2.52. The van der Waals surface area contributed by atoms with E-state index < -0.39 is 0 Å². The molecule has 0 aliphatic carbocycles. The fourth-order valence-corrected chi connectivity index (χ4v) is 1.69. The van der Waals surface area contributed by atoms with Gasteiger partial charge in [-0.15, -0.1) is 0 Å². The minimum absolute atomic E-state index is 0.252. The number of nitrogen functional groups attached to an aromatic ring is 1. The van der Waals surface area contributed by atoms with Gasteiger partial charge >= 0.3 is 0 Å². The topological polar surface area (TPSA) is 78.8 Å². The van der Waals surface area contributed by atoms with E-state index in [2.05, 4.69) is 16.0 Å². The zero-order valence-electron chi connectivity index (χ0n) is 9.59. The second-order valence-corrected chi connectivity index (χ2v) is 3.75. The van der Waals surface area contributed by atoms with Crippen molar-refractivity contribution in [2.24, 2.45) is 0 Å². The first-order chi connectivity index (χ1) is 8.22. The summed E-state index contributed by atoms with van der Waals surface area (Å²) in [6.45, 7) is 0.622. The molecule has 0 fully saturated rings. The predicted octanol–water partition coefficient (Wildman–Crippen LogP) is 1.56. The summed E-state index contributed by atoms with van der Waals surface area (Å²) in [6, 6.07) is 9.81. The second-order valence-electron chi connectivity index (χ2n) is 3.75. The highest BCUT2D eigenvalue weighted by molar-refractivity contribution is 5.90. The molecule has 0 saturated heterocycles. The molecule has 17 heavy (non-hydrogen) atoms. The van der Waals surface area contributed by atoms with E-state index in [0.717, 1.165) is 16.7 Å². The molecule has 0 radical (unpaired) electrons. The Morgan fingerprint density at radius 1 is 1.35 bits per heavy atom. The number of benzene rings is 1. The Bertz CT molecular complexity index is 573. The van der Waals surface area contributed by atoms with Crippen molar-refractivity contribution in [1.29, 1.82) is 5.26 Å². The Kier molecular flexibility index (Phi) is 3.06. The van der Waals surface area contributed by atoms with Crippen LogP contribution in [0, 0.1) is 11.3 Å². The average molecular weight is 227 g/mol. The number of aromatic nitrogens is 2. The van der Waals surface area contributed by atoms with Crippen LogP contribution in [0.3, 0.4) is 0 Å². The van der Waals surface area contributed by atoms with Crippen LogP contribution in [0.2, 0.25) is 0 Å². The van der Waals surface area contributed by atoms with Gasteiger partial charge in [0, 0.05) is 19.0 Å². The van der Waals surface area contributed by atoms with E-state index in [0.29, 0.717) is 13.0 Å². The van der Waals surface area contributed by atoms with Crippen LogP contribution >= 0.6 is 0 Å². The number of nitrogens with zero attached hydrogens (tertiary/aromatic N) is 4. The highest BCUT2D eigenvalue weighted by Crippen LogP contribution is 2.23. The lowest BCUT2D eigenvalue weighted by atomic mass is 10.2. The third kappa shape index (κ3) is 2.26. The molecule has 0 saturated carbocycles. The van der Waals surface area contributed by atoms with E-state index >= 15 is 0 Å². The first-order valence-corrected chi connectivity index (χ1v) is 5.32. The quantitative estimate of drug-likeness (QED) is 0.860. The molecule has 0 atom stereocenters. The number of rotatable bonds is 3. The van der Waals surface area contributed by atoms with Crippen LogP contribution in [-0.2, 0) is 0 Å². The molecule has 0 unspecified atom stereocenters. The van der Waals surface area contributed by atoms with Gasteiger partial charge in [0.2, 0.25) is 5.95 Å². The molecule has 1 aromatic carbocycles. The predicted molar refractivity (Wildman–Crippen MR) is 67.5 cm³/mol. The van der Waals surface area contributed by atoms with Gasteiger partial charge in [0.15, 0.2) is 0 Å². The molecule has 1 heterocycles. The summed E-state index contributed by atoms with van der Waals surface area (Å²) < 4.78 is 0. The van der Waals surface area contributed by atoms with Gasteiger partial charge in [-0.3, -0.25) is 0 Å². The largest absolute Gasteiger partial charge is 0.368 e. The molecule has 5 nitrogen and oxygen atoms in total. The normalized spacial score (nSPS) is 10.1. The maximum absolute atomic E-state index is 8.60. The smallest absolute Gasteiger partial charge is 0.222 e. The molecule has 0 amide bonds. The van der Waals surface area contributed by atoms with Crippen LogP contribution in [0.4, 0.5) is 11.8 Å². The minimum Gasteiger partial charge on any atom is -0.368 e. The van der Waals surface area contributed by atoms with Crippen molar-refractivity contribution >= 4 is 22.7 Å². The molecule has 0 spiro atoms. The Balaban J connectivity index is 2.48. The van der Waals surface area contributed by atoms with E-state index in [-0.39, 0.29) is 5.95 Å². The van der Waals surface area contributed by atoms with Crippen LogP contribution in [-0.4, -0.2) is 23.6 Å². The van der Waals surface area contributed by atoms with Gasteiger partial charge in [-0.1, -0.05) is 12.1 Å². The Hall–Kier alpha value is -2.35. The number of hydrogen-bond acceptors (Lipinski definition) is 5. The van der Waals surface area contributed by atoms with Gasteiger partial charge in [0.05, 0.1) is 18.0 Å². The first kappa shape index (κ1) is 11.1. The van der Waals surface area contributed by atoms with Crippen molar-refractivity contribution in [3.8, 4) is 6.07 Å². The second kappa shape index (κ2) is 4.66. The Morgan fingerprint density at radius 2 is 2.12 bits per heavy atom. The van der Waals surface area contributed by atoms with E-state index in [4.69, 9.17) is 11.0 Å². The van der Waals surface area contributed by atoms with Crippen LogP contribution in [0.25, 0.3) is 10.9 Å². The standard InChI is InChI=1S/C12H13N5/c1-17(8-4-7-13)11-9-5-2-3-6-10(9)15-12(14)16-11/h2-3,5-6H,4,8H2,1H3,(H2,14,15,16). The zero-order valence-corrected chi connectivity index (χ0v) is 9.59. The summed E-state index contributed by atoms with van der Waals surface area (Å²) in [5.74, 6) is 1.02. The van der Waals surface area contributed by atoms with Crippen molar-refractivity contribution in [3.05, 3.63) is 24.3 Å². The molecule has 0 aliphatic heterocycles. The van der Waals surface area contributed by atoms with E-state index in [1.165, 1.54) is 0 Å². The maximum atomic E-state index is 8.60. The lowest BCUT2D eigenvalue weighted by Gasteiger charge is -2.18. The van der Waals surface area contributed by atoms with Crippen LogP contribution in [0.1, 0.15) is 6.42 Å². The summed E-state index contributed by atoms with van der Waals surface area (Å²) in [5.41, 5.74) is 6.50. The van der Waals surface area contributed by atoms with E-state index in [1.54, 1.807) is 0 Å². The van der Waals surface area contributed by atoms with Gasteiger partial charge < -0.3 is 10.6 Å². The Morgan fingerprint density at radius 3 is 2.88 bits per heavy atom. The molecule has 0 bridgehead atoms. The molecule has 2 N–H and O–H groups in total. The van der Waals surface area contributed by atoms with Crippen molar-refractivity contribution in [3.63, 3.8) is 0 Å². The summed E-state index contributed by atoms with van der Waals surface area (Å²) in [4.78, 5) is 10.3. The van der Waals surface area contributed by atoms with E-state index in [1.807, 2.05) is 36.2 Å². The highest BCUT2D eigenvalue weighted by Gasteiger charge is 2.09. The number of nitrogens with two attached hydrogens (primary N) is 1. The van der Waals surface area contributed by atoms with Gasteiger partial charge in [-0.25, -0.2) is 4.98 Å². The van der Waals surface area contributed by atoms with E-state index in [9.17, 15) is 0 Å². The van der Waals surface area contributed by atoms with Gasteiger partial charge in [-0.2, -0.15) is 10.2 Å². The summed E-state index contributed by atoms with van der Waals surface area (Å²) in [7, 11) is 1.89. The van der Waals surface area contributed by atoms with Crippen LogP contribution in [0.15, 0.2) is 24.3 Å². The molecular weight excluding hydrogens is 214 g/mol. The maximum Gasteiger partial charge on any atom is 0.222 e. The monoisotopic (exact) mass is 227 g/mol. The number of hydrogen-bond donors (Lipinski definition) is 1. The van der Waals surface area contributed by atoms with Crippen molar-refractivity contribution < 1.29 is 0 Å². The van der Waals surface area contributed by atoms with Gasteiger partial charge in [0.25, 0.3) is 0 Å². The lowest BCUT2D eigenvalue weighted by molar-refractivity contribution is 0.889. The molecule has 86 valence electrons. The summed E-state index contributed by atoms with van der Waals surface area (Å²) >= 11 is 0. The molecule has 2 rings (SSSR count). The van der Waals surface area contributed by atoms with Crippen LogP contribution in [0.5, 0.6) is 0 Å². The molecule has 5 heteroatoms. The summed E-state index contributed by atoms with van der Waals surface area (Å²) in [6.07, 6.45) is 0.453. The van der Waals surface area contributed by atoms with Crippen LogP contribution < -0.4 is 10.6 Å². The highest BCUT2D eigenvalue weighted by atomic mass is 15.2. The zero-order chi connectivity index (χ0) is 12.3. The average Bonchev–Trinajstić information content (AvgIpc) is 2.34. The fraction of sp³-hybridized carbons (Fsp3) is 0.250. The number of fused-ring (bicyclic) bond motifs is 1. The van der Waals surface area contributed by atoms with Crippen molar-refractivity contribution in [1.82, 2.24) is 9.97 Å². The number of nitriles is 1. The number of anilines is 2. The molecular formula is C12H13N5. The van der Waals surface area contributed by atoms with Gasteiger partial charge in [-0.05, 0) is 12.1 Å². The molecule has 2 aromatic rings. The Labute approximate surface area is 99.5 Å². The SMILES string of the molecule is CN(CCC#N)c1nc(N)nc2ccccc12. The van der Waals surface area contributed by atoms with Gasteiger partial charge in [0.1, 0.15) is 5.82 Å².